The highest BCUT2D eigenvalue weighted by atomic mass is 35.5. The molecule has 2 rings (SSSR count). The van der Waals surface area contributed by atoms with Gasteiger partial charge in [-0.15, -0.1) is 0 Å². The number of allylic oxidation sites excluding steroid dienone is 1. The molecule has 1 aromatic carbocycles. The number of benzene rings is 1. The molecule has 0 nitrogen and oxygen atoms in total. The number of rotatable bonds is 3. The van der Waals surface area contributed by atoms with E-state index in [1.807, 2.05) is 12.1 Å². The second-order valence-corrected chi connectivity index (χ2v) is 5.13. The number of halogens is 1. The van der Waals surface area contributed by atoms with E-state index in [1.54, 1.807) is 0 Å². The van der Waals surface area contributed by atoms with Crippen LogP contribution in [0.1, 0.15) is 44.1 Å². The van der Waals surface area contributed by atoms with E-state index in [-0.39, 0.29) is 0 Å². The van der Waals surface area contributed by atoms with Gasteiger partial charge in [0, 0.05) is 5.02 Å². The highest BCUT2D eigenvalue weighted by Gasteiger charge is 2.10. The minimum atomic E-state index is 0.810. The van der Waals surface area contributed by atoms with Gasteiger partial charge in [0.15, 0.2) is 0 Å². The average molecular weight is 235 g/mol. The SMILES string of the molecule is Clc1ccc(/C=C/CC2CCCCC2)cc1. The van der Waals surface area contributed by atoms with Gasteiger partial charge in [0.2, 0.25) is 0 Å². The quantitative estimate of drug-likeness (QED) is 0.664. The lowest BCUT2D eigenvalue weighted by molar-refractivity contribution is 0.362. The van der Waals surface area contributed by atoms with Crippen LogP contribution in [0.4, 0.5) is 0 Å². The highest BCUT2D eigenvalue weighted by Crippen LogP contribution is 2.26. The molecule has 0 heterocycles. The second kappa shape index (κ2) is 6.10. The monoisotopic (exact) mass is 234 g/mol. The second-order valence-electron chi connectivity index (χ2n) is 4.69. The summed E-state index contributed by atoms with van der Waals surface area (Å²) in [6.07, 6.45) is 12.9. The van der Waals surface area contributed by atoms with Crippen molar-refractivity contribution in [1.29, 1.82) is 0 Å². The van der Waals surface area contributed by atoms with E-state index in [0.717, 1.165) is 10.9 Å². The van der Waals surface area contributed by atoms with Crippen molar-refractivity contribution in [3.8, 4) is 0 Å². The van der Waals surface area contributed by atoms with Gasteiger partial charge in [0.05, 0.1) is 0 Å². The number of hydrogen-bond donors (Lipinski definition) is 0. The lowest BCUT2D eigenvalue weighted by atomic mass is 9.87. The molecule has 1 fully saturated rings. The molecule has 0 unspecified atom stereocenters. The van der Waals surface area contributed by atoms with Crippen molar-refractivity contribution in [2.45, 2.75) is 38.5 Å². The lowest BCUT2D eigenvalue weighted by Crippen LogP contribution is -2.04. The largest absolute Gasteiger partial charge is 0.0843 e. The Labute approximate surface area is 103 Å². The van der Waals surface area contributed by atoms with Gasteiger partial charge < -0.3 is 0 Å². The Morgan fingerprint density at radius 2 is 1.75 bits per heavy atom. The van der Waals surface area contributed by atoms with E-state index in [2.05, 4.69) is 24.3 Å². The third kappa shape index (κ3) is 3.68. The minimum absolute atomic E-state index is 0.810. The fourth-order valence-corrected chi connectivity index (χ4v) is 2.52. The van der Waals surface area contributed by atoms with E-state index >= 15 is 0 Å². The summed E-state index contributed by atoms with van der Waals surface area (Å²) in [7, 11) is 0. The van der Waals surface area contributed by atoms with E-state index < -0.39 is 0 Å². The zero-order chi connectivity index (χ0) is 11.2. The Balaban J connectivity index is 1.82. The zero-order valence-corrected chi connectivity index (χ0v) is 10.4. The van der Waals surface area contributed by atoms with Crippen LogP contribution in [0.3, 0.4) is 0 Å². The molecule has 0 aromatic heterocycles. The van der Waals surface area contributed by atoms with Gasteiger partial charge in [-0.1, -0.05) is 68.0 Å². The van der Waals surface area contributed by atoms with Crippen molar-refractivity contribution in [2.24, 2.45) is 5.92 Å². The van der Waals surface area contributed by atoms with Crippen LogP contribution in [-0.2, 0) is 0 Å². The smallest absolute Gasteiger partial charge is 0.0406 e. The molecule has 86 valence electrons. The Hall–Kier alpha value is -0.750. The molecular weight excluding hydrogens is 216 g/mol. The van der Waals surface area contributed by atoms with E-state index in [4.69, 9.17) is 11.6 Å². The highest BCUT2D eigenvalue weighted by molar-refractivity contribution is 6.30. The fourth-order valence-electron chi connectivity index (χ4n) is 2.39. The van der Waals surface area contributed by atoms with Gasteiger partial charge in [-0.3, -0.25) is 0 Å². The molecule has 0 atom stereocenters. The van der Waals surface area contributed by atoms with Gasteiger partial charge in [0.1, 0.15) is 0 Å². The molecule has 1 aromatic rings. The normalized spacial score (nSPS) is 18.1. The van der Waals surface area contributed by atoms with Crippen molar-refractivity contribution in [3.05, 3.63) is 40.9 Å². The van der Waals surface area contributed by atoms with Crippen LogP contribution in [0.15, 0.2) is 30.3 Å². The van der Waals surface area contributed by atoms with Crippen LogP contribution in [-0.4, -0.2) is 0 Å². The topological polar surface area (TPSA) is 0 Å². The van der Waals surface area contributed by atoms with Gasteiger partial charge in [-0.05, 0) is 30.0 Å². The molecule has 1 heteroatoms. The Morgan fingerprint density at radius 3 is 2.44 bits per heavy atom. The standard InChI is InChI=1S/C15H19Cl/c16-15-11-9-14(10-12-15)8-4-7-13-5-2-1-3-6-13/h4,8-13H,1-3,5-7H2/b8-4+. The van der Waals surface area contributed by atoms with Crippen molar-refractivity contribution in [1.82, 2.24) is 0 Å². The van der Waals surface area contributed by atoms with Crippen LogP contribution < -0.4 is 0 Å². The predicted octanol–water partition coefficient (Wildman–Crippen LogP) is 5.32. The van der Waals surface area contributed by atoms with Crippen LogP contribution in [0.2, 0.25) is 5.02 Å². The first-order chi connectivity index (χ1) is 7.84. The molecule has 16 heavy (non-hydrogen) atoms. The summed E-state index contributed by atoms with van der Waals surface area (Å²) in [5.41, 5.74) is 1.25. The molecule has 0 radical (unpaired) electrons. The maximum atomic E-state index is 5.84. The fraction of sp³-hybridized carbons (Fsp3) is 0.467. The van der Waals surface area contributed by atoms with Gasteiger partial charge >= 0.3 is 0 Å². The molecule has 0 spiro atoms. The van der Waals surface area contributed by atoms with Crippen molar-refractivity contribution >= 4 is 17.7 Å². The molecule has 0 N–H and O–H groups in total. The first-order valence-electron chi connectivity index (χ1n) is 6.27. The molecule has 1 aliphatic carbocycles. The number of hydrogen-bond acceptors (Lipinski definition) is 0. The Morgan fingerprint density at radius 1 is 1.06 bits per heavy atom. The van der Waals surface area contributed by atoms with Crippen molar-refractivity contribution < 1.29 is 0 Å². The molecule has 0 bridgehead atoms. The Kier molecular flexibility index (Phi) is 4.47. The van der Waals surface area contributed by atoms with Crippen LogP contribution in [0.25, 0.3) is 6.08 Å². The summed E-state index contributed by atoms with van der Waals surface area (Å²) in [6, 6.07) is 8.03. The average Bonchev–Trinajstić information content (AvgIpc) is 2.33. The molecule has 0 aliphatic heterocycles. The predicted molar refractivity (Wildman–Crippen MR) is 71.7 cm³/mol. The van der Waals surface area contributed by atoms with Crippen molar-refractivity contribution in [3.63, 3.8) is 0 Å². The third-order valence-electron chi connectivity index (χ3n) is 3.37. The summed E-state index contributed by atoms with van der Waals surface area (Å²) in [5, 5.41) is 0.810. The van der Waals surface area contributed by atoms with E-state index in [9.17, 15) is 0 Å². The zero-order valence-electron chi connectivity index (χ0n) is 9.66. The summed E-state index contributed by atoms with van der Waals surface area (Å²) >= 11 is 5.84. The minimum Gasteiger partial charge on any atom is -0.0843 e. The van der Waals surface area contributed by atoms with Crippen molar-refractivity contribution in [2.75, 3.05) is 0 Å². The van der Waals surface area contributed by atoms with Gasteiger partial charge in [-0.2, -0.15) is 0 Å². The van der Waals surface area contributed by atoms with Crippen LogP contribution >= 0.6 is 11.6 Å². The molecule has 0 amide bonds. The third-order valence-corrected chi connectivity index (χ3v) is 3.63. The van der Waals surface area contributed by atoms with Crippen LogP contribution in [0.5, 0.6) is 0 Å². The van der Waals surface area contributed by atoms with Gasteiger partial charge in [-0.25, -0.2) is 0 Å². The lowest BCUT2D eigenvalue weighted by Gasteiger charge is -2.19. The maximum absolute atomic E-state index is 5.84. The van der Waals surface area contributed by atoms with Gasteiger partial charge in [0.25, 0.3) is 0 Å². The van der Waals surface area contributed by atoms with E-state index in [0.29, 0.717) is 0 Å². The first kappa shape index (κ1) is 11.7. The molecular formula is C15H19Cl. The summed E-state index contributed by atoms with van der Waals surface area (Å²) in [4.78, 5) is 0. The summed E-state index contributed by atoms with van der Waals surface area (Å²) < 4.78 is 0. The van der Waals surface area contributed by atoms with Crippen LogP contribution in [0, 0.1) is 5.92 Å². The first-order valence-corrected chi connectivity index (χ1v) is 6.64. The molecule has 1 saturated carbocycles. The molecule has 1 aliphatic rings. The van der Waals surface area contributed by atoms with E-state index in [1.165, 1.54) is 44.1 Å². The maximum Gasteiger partial charge on any atom is 0.0406 e. The Bertz CT molecular complexity index is 331. The summed E-state index contributed by atoms with van der Waals surface area (Å²) in [6.45, 7) is 0. The molecule has 0 saturated heterocycles. The summed E-state index contributed by atoms with van der Waals surface area (Å²) in [5.74, 6) is 0.928.